The van der Waals surface area contributed by atoms with Crippen LogP contribution in [0.5, 0.6) is 0 Å². The van der Waals surface area contributed by atoms with Gasteiger partial charge in [-0.3, -0.25) is 4.79 Å². The van der Waals surface area contributed by atoms with Gasteiger partial charge in [-0.1, -0.05) is 17.0 Å². The smallest absolute Gasteiger partial charge is 0.257 e. The van der Waals surface area contributed by atoms with Crippen LogP contribution in [0.3, 0.4) is 0 Å². The van der Waals surface area contributed by atoms with Crippen molar-refractivity contribution in [3.63, 3.8) is 0 Å². The molecule has 2 N–H and O–H groups in total. The first kappa shape index (κ1) is 12.8. The van der Waals surface area contributed by atoms with Crippen molar-refractivity contribution in [2.45, 2.75) is 0 Å². The Labute approximate surface area is 108 Å². The maximum atomic E-state index is 13.6. The van der Waals surface area contributed by atoms with Gasteiger partial charge >= 0.3 is 0 Å². The number of anilines is 1. The molecule has 1 amide bonds. The molecule has 1 aromatic carbocycles. The van der Waals surface area contributed by atoms with Gasteiger partial charge in [-0.25, -0.2) is 4.39 Å². The zero-order chi connectivity index (χ0) is 13.7. The van der Waals surface area contributed by atoms with E-state index >= 15 is 0 Å². The minimum Gasteiger partial charge on any atom is -0.384 e. The molecule has 1 aromatic heterocycles. The number of halogens is 1. The second-order valence-corrected chi connectivity index (χ2v) is 3.49. The summed E-state index contributed by atoms with van der Waals surface area (Å²) in [5, 5.41) is 14.5. The monoisotopic (exact) mass is 260 g/mol. The van der Waals surface area contributed by atoms with E-state index in [0.717, 1.165) is 6.07 Å². The van der Waals surface area contributed by atoms with Crippen molar-refractivity contribution >= 4 is 11.7 Å². The summed E-state index contributed by atoms with van der Waals surface area (Å²) < 4.78 is 18.2. The van der Waals surface area contributed by atoms with Gasteiger partial charge in [-0.15, -0.1) is 0 Å². The van der Waals surface area contributed by atoms with Gasteiger partial charge in [0, 0.05) is 11.6 Å². The zero-order valence-electron chi connectivity index (χ0n) is 9.68. The molecule has 1 heterocycles. The van der Waals surface area contributed by atoms with Crippen LogP contribution in [0.2, 0.25) is 0 Å². The van der Waals surface area contributed by atoms with Gasteiger partial charge in [0.25, 0.3) is 5.91 Å². The van der Waals surface area contributed by atoms with Gasteiger partial charge in [0.15, 0.2) is 5.82 Å². The van der Waals surface area contributed by atoms with Crippen LogP contribution < -0.4 is 5.32 Å². The summed E-state index contributed by atoms with van der Waals surface area (Å²) in [6, 6.07) is 5.34. The van der Waals surface area contributed by atoms with Crippen LogP contribution in [0.15, 0.2) is 35.1 Å². The summed E-state index contributed by atoms with van der Waals surface area (Å²) in [6.07, 6.45) is 1.31. The van der Waals surface area contributed by atoms with E-state index in [1.54, 1.807) is 0 Å². The maximum absolute atomic E-state index is 13.6. The molecule has 0 aliphatic rings. The third-order valence-electron chi connectivity index (χ3n) is 2.21. The first-order chi connectivity index (χ1) is 9.20. The van der Waals surface area contributed by atoms with E-state index < -0.39 is 11.7 Å². The van der Waals surface area contributed by atoms with Gasteiger partial charge < -0.3 is 14.9 Å². The average Bonchev–Trinajstić information content (AvgIpc) is 2.90. The van der Waals surface area contributed by atoms with Crippen LogP contribution >= 0.6 is 0 Å². The normalized spacial score (nSPS) is 9.58. The Kier molecular flexibility index (Phi) is 3.90. The Morgan fingerprint density at radius 2 is 2.32 bits per heavy atom. The summed E-state index contributed by atoms with van der Waals surface area (Å²) in [6.45, 7) is -0.353. The quantitative estimate of drug-likeness (QED) is 0.800. The SMILES string of the molecule is O=C(Nc1ccon1)c1ccc(C#CCO)c(F)c1. The van der Waals surface area contributed by atoms with E-state index in [1.165, 1.54) is 24.5 Å². The molecule has 0 saturated heterocycles. The van der Waals surface area contributed by atoms with Crippen LogP contribution in [0.25, 0.3) is 0 Å². The summed E-state index contributed by atoms with van der Waals surface area (Å²) in [5.74, 6) is 3.88. The molecule has 96 valence electrons. The van der Waals surface area contributed by atoms with Crippen LogP contribution in [0.4, 0.5) is 10.2 Å². The van der Waals surface area contributed by atoms with Gasteiger partial charge in [0.2, 0.25) is 0 Å². The molecule has 2 rings (SSSR count). The van der Waals surface area contributed by atoms with Crippen molar-refractivity contribution in [3.8, 4) is 11.8 Å². The van der Waals surface area contributed by atoms with Crippen LogP contribution in [0, 0.1) is 17.7 Å². The molecule has 2 aromatic rings. The number of aliphatic hydroxyl groups excluding tert-OH is 1. The molecule has 19 heavy (non-hydrogen) atoms. The van der Waals surface area contributed by atoms with Gasteiger partial charge in [-0.05, 0) is 18.2 Å². The fraction of sp³-hybridized carbons (Fsp3) is 0.0769. The molecule has 0 aliphatic heterocycles. The third kappa shape index (κ3) is 3.18. The number of rotatable bonds is 2. The third-order valence-corrected chi connectivity index (χ3v) is 2.21. The van der Waals surface area contributed by atoms with Gasteiger partial charge in [-0.2, -0.15) is 0 Å². The van der Waals surface area contributed by atoms with E-state index in [0.29, 0.717) is 0 Å². The first-order valence-corrected chi connectivity index (χ1v) is 5.31. The lowest BCUT2D eigenvalue weighted by Crippen LogP contribution is -2.12. The first-order valence-electron chi connectivity index (χ1n) is 5.31. The van der Waals surface area contributed by atoms with E-state index in [2.05, 4.69) is 26.8 Å². The lowest BCUT2D eigenvalue weighted by Gasteiger charge is -2.02. The summed E-state index contributed by atoms with van der Waals surface area (Å²) in [5.41, 5.74) is 0.252. The molecule has 0 aliphatic carbocycles. The van der Waals surface area contributed by atoms with Gasteiger partial charge in [0.05, 0.1) is 5.56 Å². The molecule has 0 fully saturated rings. The highest BCUT2D eigenvalue weighted by Crippen LogP contribution is 2.11. The average molecular weight is 260 g/mol. The van der Waals surface area contributed by atoms with Crippen LogP contribution in [0.1, 0.15) is 15.9 Å². The van der Waals surface area contributed by atoms with E-state index in [1.807, 2.05) is 0 Å². The number of benzene rings is 1. The second-order valence-electron chi connectivity index (χ2n) is 3.49. The van der Waals surface area contributed by atoms with Crippen molar-refractivity contribution in [2.24, 2.45) is 0 Å². The molecule has 0 bridgehead atoms. The van der Waals surface area contributed by atoms with E-state index in [9.17, 15) is 9.18 Å². The van der Waals surface area contributed by atoms with Crippen LogP contribution in [-0.2, 0) is 0 Å². The number of nitrogens with zero attached hydrogens (tertiary/aromatic N) is 1. The number of carbonyl (C=O) groups is 1. The second kappa shape index (κ2) is 5.80. The minimum absolute atomic E-state index is 0.118. The van der Waals surface area contributed by atoms with E-state index in [-0.39, 0.29) is 23.6 Å². The van der Waals surface area contributed by atoms with E-state index in [4.69, 9.17) is 5.11 Å². The zero-order valence-corrected chi connectivity index (χ0v) is 9.68. The van der Waals surface area contributed by atoms with Gasteiger partial charge in [0.1, 0.15) is 18.7 Å². The molecule has 6 heteroatoms. The highest BCUT2D eigenvalue weighted by molar-refractivity contribution is 6.03. The molecule has 0 atom stereocenters. The van der Waals surface area contributed by atoms with Crippen molar-refractivity contribution in [1.82, 2.24) is 5.16 Å². The molecule has 5 nitrogen and oxygen atoms in total. The fourth-order valence-electron chi connectivity index (χ4n) is 1.36. The van der Waals surface area contributed by atoms with Crippen molar-refractivity contribution in [2.75, 3.05) is 11.9 Å². The predicted molar refractivity (Wildman–Crippen MR) is 64.8 cm³/mol. The summed E-state index contributed by atoms with van der Waals surface area (Å²) in [7, 11) is 0. The highest BCUT2D eigenvalue weighted by Gasteiger charge is 2.10. The van der Waals surface area contributed by atoms with Crippen LogP contribution in [-0.4, -0.2) is 22.8 Å². The molecule has 0 unspecified atom stereocenters. The number of hydrogen-bond donors (Lipinski definition) is 2. The fourth-order valence-corrected chi connectivity index (χ4v) is 1.36. The van der Waals surface area contributed by atoms with Crippen molar-refractivity contribution in [3.05, 3.63) is 47.5 Å². The summed E-state index contributed by atoms with van der Waals surface area (Å²) >= 11 is 0. The Morgan fingerprint density at radius 1 is 1.47 bits per heavy atom. The highest BCUT2D eigenvalue weighted by atomic mass is 19.1. The largest absolute Gasteiger partial charge is 0.384 e. The maximum Gasteiger partial charge on any atom is 0.257 e. The minimum atomic E-state index is -0.631. The Morgan fingerprint density at radius 3 is 2.95 bits per heavy atom. The van der Waals surface area contributed by atoms with Crippen molar-refractivity contribution in [1.29, 1.82) is 0 Å². The number of nitrogens with one attached hydrogen (secondary N) is 1. The Hall–Kier alpha value is -2.65. The standard InChI is InChI=1S/C13H9FN2O3/c14-11-8-10(4-3-9(11)2-1-6-17)13(18)15-12-5-7-19-16-12/h3-5,7-8,17H,6H2,(H,15,16,18). The molecular weight excluding hydrogens is 251 g/mol. The number of aliphatic hydroxyl groups is 1. The number of carbonyl (C=O) groups excluding carboxylic acids is 1. The van der Waals surface area contributed by atoms with Crippen molar-refractivity contribution < 1.29 is 18.8 Å². The number of amides is 1. The summed E-state index contributed by atoms with van der Waals surface area (Å²) in [4.78, 5) is 11.8. The lowest BCUT2D eigenvalue weighted by molar-refractivity contribution is 0.102. The predicted octanol–water partition coefficient (Wildman–Crippen LogP) is 1.41. The number of hydrogen-bond acceptors (Lipinski definition) is 4. The molecular formula is C13H9FN2O3. The lowest BCUT2D eigenvalue weighted by atomic mass is 10.1. The molecule has 0 radical (unpaired) electrons. The molecule has 0 saturated carbocycles. The Bertz CT molecular complexity index is 642. The topological polar surface area (TPSA) is 75.4 Å². The molecule has 0 spiro atoms. The number of aromatic nitrogens is 1. The Balaban J connectivity index is 2.17.